The van der Waals surface area contributed by atoms with Crippen LogP contribution >= 0.6 is 0 Å². The van der Waals surface area contributed by atoms with Gasteiger partial charge in [0.05, 0.1) is 23.0 Å². The van der Waals surface area contributed by atoms with E-state index in [-0.39, 0.29) is 5.82 Å². The van der Waals surface area contributed by atoms with Crippen LogP contribution in [0.5, 0.6) is 0 Å². The van der Waals surface area contributed by atoms with Gasteiger partial charge >= 0.3 is 7.12 Å². The number of rotatable bonds is 1. The third-order valence-corrected chi connectivity index (χ3v) is 4.02. The van der Waals surface area contributed by atoms with Crippen LogP contribution in [-0.2, 0) is 9.31 Å². The maximum absolute atomic E-state index is 13.9. The maximum atomic E-state index is 13.9. The molecule has 19 heavy (non-hydrogen) atoms. The fraction of sp³-hybridized carbons (Fsp3) is 0.462. The summed E-state index contributed by atoms with van der Waals surface area (Å²) in [5.41, 5.74) is 0.770. The summed E-state index contributed by atoms with van der Waals surface area (Å²) < 4.78 is 25.7. The van der Waals surface area contributed by atoms with Crippen LogP contribution < -0.4 is 5.46 Å². The van der Waals surface area contributed by atoms with E-state index in [0.29, 0.717) is 16.5 Å². The van der Waals surface area contributed by atoms with Gasteiger partial charge in [-0.05, 0) is 45.3 Å². The van der Waals surface area contributed by atoms with Gasteiger partial charge in [-0.2, -0.15) is 0 Å². The van der Waals surface area contributed by atoms with E-state index in [1.807, 2.05) is 33.8 Å². The van der Waals surface area contributed by atoms with Crippen molar-refractivity contribution in [2.24, 2.45) is 0 Å². The zero-order valence-corrected chi connectivity index (χ0v) is 11.5. The summed E-state index contributed by atoms with van der Waals surface area (Å²) in [5, 5.41) is 0. The number of halogens is 1. The van der Waals surface area contributed by atoms with Gasteiger partial charge in [0.15, 0.2) is 5.82 Å². The number of imidazole rings is 1. The van der Waals surface area contributed by atoms with Crippen molar-refractivity contribution in [2.75, 3.05) is 0 Å². The molecular weight excluding hydrogens is 246 g/mol. The van der Waals surface area contributed by atoms with Crippen LogP contribution in [-0.4, -0.2) is 28.3 Å². The smallest absolute Gasteiger partial charge is 0.399 e. The van der Waals surface area contributed by atoms with Gasteiger partial charge in [-0.25, -0.2) is 9.37 Å². The first-order valence-corrected chi connectivity index (χ1v) is 6.28. The molecule has 0 aliphatic carbocycles. The van der Waals surface area contributed by atoms with Crippen LogP contribution in [0.4, 0.5) is 4.39 Å². The number of fused-ring (bicyclic) bond motifs is 1. The fourth-order valence-electron chi connectivity index (χ4n) is 2.14. The topological polar surface area (TPSA) is 47.1 Å². The molecule has 1 N–H and O–H groups in total. The lowest BCUT2D eigenvalue weighted by atomic mass is 9.79. The number of H-pyrrole nitrogens is 1. The Morgan fingerprint density at radius 2 is 1.79 bits per heavy atom. The van der Waals surface area contributed by atoms with Crippen molar-refractivity contribution in [1.82, 2.24) is 9.97 Å². The molecule has 0 amide bonds. The monoisotopic (exact) mass is 262 g/mol. The minimum absolute atomic E-state index is 0.334. The molecule has 3 rings (SSSR count). The summed E-state index contributed by atoms with van der Waals surface area (Å²) in [7, 11) is -0.563. The number of aromatic nitrogens is 2. The number of hydrogen-bond acceptors (Lipinski definition) is 3. The van der Waals surface area contributed by atoms with Gasteiger partial charge in [0.25, 0.3) is 0 Å². The summed E-state index contributed by atoms with van der Waals surface area (Å²) in [6.07, 6.45) is 1.47. The van der Waals surface area contributed by atoms with E-state index in [1.165, 1.54) is 12.4 Å². The molecule has 0 radical (unpaired) electrons. The largest absolute Gasteiger partial charge is 0.495 e. The van der Waals surface area contributed by atoms with Crippen LogP contribution in [0, 0.1) is 5.82 Å². The second-order valence-electron chi connectivity index (χ2n) is 5.89. The summed E-state index contributed by atoms with van der Waals surface area (Å²) in [5.74, 6) is -0.372. The highest BCUT2D eigenvalue weighted by atomic mass is 19.1. The van der Waals surface area contributed by atoms with E-state index in [4.69, 9.17) is 9.31 Å². The normalized spacial score (nSPS) is 21.2. The molecule has 1 aliphatic heterocycles. The van der Waals surface area contributed by atoms with Crippen molar-refractivity contribution in [2.45, 2.75) is 38.9 Å². The Hall–Kier alpha value is -1.40. The van der Waals surface area contributed by atoms with Gasteiger partial charge in [0.1, 0.15) is 5.52 Å². The lowest BCUT2D eigenvalue weighted by Crippen LogP contribution is -2.41. The second kappa shape index (κ2) is 3.80. The SMILES string of the molecule is CC1(C)OB(c2cc(F)c3nc[nH]c3c2)OC1(C)C. The summed E-state index contributed by atoms with van der Waals surface area (Å²) in [6, 6.07) is 3.24. The van der Waals surface area contributed by atoms with Gasteiger partial charge in [-0.15, -0.1) is 0 Å². The lowest BCUT2D eigenvalue weighted by Gasteiger charge is -2.32. The molecule has 0 saturated carbocycles. The minimum atomic E-state index is -0.563. The van der Waals surface area contributed by atoms with Gasteiger partial charge in [0, 0.05) is 0 Å². The third-order valence-electron chi connectivity index (χ3n) is 4.02. The molecule has 1 aromatic carbocycles. The summed E-state index contributed by atoms with van der Waals surface area (Å²) in [6.45, 7) is 7.88. The second-order valence-corrected chi connectivity index (χ2v) is 5.89. The van der Waals surface area contributed by atoms with Crippen LogP contribution in [0.1, 0.15) is 27.7 Å². The molecule has 1 fully saturated rings. The van der Waals surface area contributed by atoms with Crippen LogP contribution in [0.2, 0.25) is 0 Å². The highest BCUT2D eigenvalue weighted by molar-refractivity contribution is 6.62. The Morgan fingerprint density at radius 3 is 2.42 bits per heavy atom. The molecule has 1 saturated heterocycles. The van der Waals surface area contributed by atoms with Crippen molar-refractivity contribution in [3.05, 3.63) is 24.3 Å². The predicted octanol–water partition coefficient (Wildman–Crippen LogP) is 2.00. The van der Waals surface area contributed by atoms with Gasteiger partial charge in [-0.3, -0.25) is 0 Å². The van der Waals surface area contributed by atoms with E-state index in [0.717, 1.165) is 0 Å². The minimum Gasteiger partial charge on any atom is -0.399 e. The number of aromatic amines is 1. The van der Waals surface area contributed by atoms with Gasteiger partial charge < -0.3 is 14.3 Å². The Labute approximate surface area is 111 Å². The quantitative estimate of drug-likeness (QED) is 0.799. The Balaban J connectivity index is 2.02. The summed E-state index contributed by atoms with van der Waals surface area (Å²) in [4.78, 5) is 6.83. The fourth-order valence-corrected chi connectivity index (χ4v) is 2.14. The first-order chi connectivity index (χ1) is 8.80. The van der Waals surface area contributed by atoms with Crippen molar-refractivity contribution in [1.29, 1.82) is 0 Å². The van der Waals surface area contributed by atoms with Crippen LogP contribution in [0.3, 0.4) is 0 Å². The average molecular weight is 262 g/mol. The predicted molar refractivity (Wildman–Crippen MR) is 71.8 cm³/mol. The Kier molecular flexibility index (Phi) is 2.53. The molecule has 4 nitrogen and oxygen atoms in total. The molecule has 100 valence electrons. The van der Waals surface area contributed by atoms with E-state index in [9.17, 15) is 4.39 Å². The molecule has 6 heteroatoms. The standard InChI is InChI=1S/C13H16BFN2O2/c1-12(2)13(3,4)19-14(18-12)8-5-9(15)11-10(6-8)16-7-17-11/h5-7H,1-4H3,(H,16,17). The molecule has 0 unspecified atom stereocenters. The van der Waals surface area contributed by atoms with E-state index in [1.54, 1.807) is 0 Å². The molecule has 1 aliphatic rings. The van der Waals surface area contributed by atoms with E-state index >= 15 is 0 Å². The highest BCUT2D eigenvalue weighted by Crippen LogP contribution is 2.36. The molecular formula is C13H16BFN2O2. The number of nitrogens with one attached hydrogen (secondary N) is 1. The number of nitrogens with zero attached hydrogens (tertiary/aromatic N) is 1. The summed E-state index contributed by atoms with van der Waals surface area (Å²) >= 11 is 0. The van der Waals surface area contributed by atoms with Crippen molar-refractivity contribution < 1.29 is 13.7 Å². The van der Waals surface area contributed by atoms with Gasteiger partial charge in [0.2, 0.25) is 0 Å². The first kappa shape index (κ1) is 12.6. The van der Waals surface area contributed by atoms with Gasteiger partial charge in [-0.1, -0.05) is 0 Å². The molecule has 2 heterocycles. The average Bonchev–Trinajstić information content (AvgIpc) is 2.82. The lowest BCUT2D eigenvalue weighted by molar-refractivity contribution is 0.00578. The van der Waals surface area contributed by atoms with Crippen molar-refractivity contribution in [3.63, 3.8) is 0 Å². The third kappa shape index (κ3) is 1.86. The van der Waals surface area contributed by atoms with Crippen molar-refractivity contribution >= 4 is 23.6 Å². The molecule has 1 aromatic heterocycles. The van der Waals surface area contributed by atoms with E-state index < -0.39 is 18.3 Å². The van der Waals surface area contributed by atoms with Crippen molar-refractivity contribution in [3.8, 4) is 0 Å². The van der Waals surface area contributed by atoms with Crippen LogP contribution in [0.15, 0.2) is 18.5 Å². The number of hydrogen-bond donors (Lipinski definition) is 1. The first-order valence-electron chi connectivity index (χ1n) is 6.28. The number of benzene rings is 1. The zero-order valence-electron chi connectivity index (χ0n) is 11.5. The van der Waals surface area contributed by atoms with E-state index in [2.05, 4.69) is 9.97 Å². The highest BCUT2D eigenvalue weighted by Gasteiger charge is 2.51. The zero-order chi connectivity index (χ0) is 13.8. The Morgan fingerprint density at radius 1 is 1.16 bits per heavy atom. The maximum Gasteiger partial charge on any atom is 0.495 e. The Bertz CT molecular complexity index is 623. The molecule has 2 aromatic rings. The molecule has 0 spiro atoms. The molecule has 0 atom stereocenters. The molecule has 0 bridgehead atoms. The van der Waals surface area contributed by atoms with Crippen LogP contribution in [0.25, 0.3) is 11.0 Å².